The van der Waals surface area contributed by atoms with Crippen LogP contribution in [0.5, 0.6) is 0 Å². The molecule has 2 N–H and O–H groups in total. The van der Waals surface area contributed by atoms with Crippen molar-refractivity contribution >= 4 is 17.8 Å². The van der Waals surface area contributed by atoms with Crippen LogP contribution >= 0.6 is 0 Å². The van der Waals surface area contributed by atoms with Gasteiger partial charge >= 0.3 is 11.9 Å². The number of carbonyl (C=O) groups is 3. The fraction of sp³-hybridized carbons (Fsp3) is 0.864. The van der Waals surface area contributed by atoms with Crippen LogP contribution in [-0.4, -0.2) is 55.1 Å². The summed E-state index contributed by atoms with van der Waals surface area (Å²) in [7, 11) is 0. The highest BCUT2D eigenvalue weighted by Gasteiger charge is 2.29. The molecule has 0 aliphatic carbocycles. The molecule has 0 unspecified atom stereocenters. The van der Waals surface area contributed by atoms with Gasteiger partial charge in [-0.15, -0.1) is 0 Å². The first-order chi connectivity index (χ1) is 13.8. The first-order valence-electron chi connectivity index (χ1n) is 11.2. The van der Waals surface area contributed by atoms with Gasteiger partial charge in [-0.05, 0) is 44.9 Å². The van der Waals surface area contributed by atoms with E-state index in [4.69, 9.17) is 15.2 Å². The fourth-order valence-electron chi connectivity index (χ4n) is 3.88. The highest BCUT2D eigenvalue weighted by Crippen LogP contribution is 2.21. The number of nitrogens with two attached hydrogens (primary N) is 1. The number of ether oxygens (including phenoxy) is 2. The standard InChI is InChI=1S/C22H42N2O5/c1-6-11-17(13-20(25)28-9-4)15-24(19(8-3)22(23)27)16-18(12-7-2)14-21(26)29-10-5/h17-19H,6-16H2,1-5H3,(H2,23,27)/t17-,18+,19-/m0/s1. The van der Waals surface area contributed by atoms with E-state index < -0.39 is 6.04 Å². The molecule has 0 aliphatic rings. The Labute approximate surface area is 176 Å². The molecule has 0 aromatic heterocycles. The molecular weight excluding hydrogens is 372 g/mol. The minimum absolute atomic E-state index is 0.0809. The summed E-state index contributed by atoms with van der Waals surface area (Å²) < 4.78 is 10.2. The SMILES string of the molecule is CCC[C@H](CC(=O)OCC)CN(C[C@@H](CCC)CC(=O)OCC)[C@@H](CC)C(N)=O. The average Bonchev–Trinajstić information content (AvgIpc) is 2.62. The van der Waals surface area contributed by atoms with E-state index in [0.29, 0.717) is 45.6 Å². The van der Waals surface area contributed by atoms with E-state index in [1.165, 1.54) is 0 Å². The fourth-order valence-corrected chi connectivity index (χ4v) is 3.88. The lowest BCUT2D eigenvalue weighted by Gasteiger charge is -2.34. The van der Waals surface area contributed by atoms with Crippen LogP contribution in [0.15, 0.2) is 0 Å². The van der Waals surface area contributed by atoms with Gasteiger partial charge in [-0.3, -0.25) is 19.3 Å². The Morgan fingerprint density at radius 2 is 1.21 bits per heavy atom. The third-order valence-electron chi connectivity index (χ3n) is 5.06. The van der Waals surface area contributed by atoms with Crippen molar-refractivity contribution in [1.29, 1.82) is 0 Å². The Balaban J connectivity index is 5.43. The van der Waals surface area contributed by atoms with Crippen molar-refractivity contribution in [3.63, 3.8) is 0 Å². The molecule has 170 valence electrons. The van der Waals surface area contributed by atoms with Gasteiger partial charge < -0.3 is 15.2 Å². The van der Waals surface area contributed by atoms with Crippen molar-refractivity contribution < 1.29 is 23.9 Å². The lowest BCUT2D eigenvalue weighted by molar-refractivity contribution is -0.145. The van der Waals surface area contributed by atoms with E-state index >= 15 is 0 Å². The van der Waals surface area contributed by atoms with Crippen LogP contribution < -0.4 is 5.73 Å². The van der Waals surface area contributed by atoms with Gasteiger partial charge in [-0.1, -0.05) is 33.6 Å². The third kappa shape index (κ3) is 11.8. The van der Waals surface area contributed by atoms with Crippen molar-refractivity contribution in [2.45, 2.75) is 85.6 Å². The molecule has 0 rings (SSSR count). The molecule has 0 bridgehead atoms. The Morgan fingerprint density at radius 3 is 1.48 bits per heavy atom. The number of primary amides is 1. The van der Waals surface area contributed by atoms with E-state index in [1.54, 1.807) is 13.8 Å². The molecule has 0 aromatic rings. The molecule has 0 radical (unpaired) electrons. The lowest BCUT2D eigenvalue weighted by Crippen LogP contribution is -2.48. The van der Waals surface area contributed by atoms with Crippen molar-refractivity contribution in [2.24, 2.45) is 17.6 Å². The molecule has 0 aromatic carbocycles. The van der Waals surface area contributed by atoms with Crippen molar-refractivity contribution in [2.75, 3.05) is 26.3 Å². The Hall–Kier alpha value is -1.63. The smallest absolute Gasteiger partial charge is 0.306 e. The summed E-state index contributed by atoms with van der Waals surface area (Å²) in [6, 6.07) is -0.418. The number of nitrogens with zero attached hydrogens (tertiary/aromatic N) is 1. The minimum Gasteiger partial charge on any atom is -0.466 e. The molecule has 0 aliphatic heterocycles. The molecule has 0 saturated carbocycles. The number of hydrogen-bond donors (Lipinski definition) is 1. The first kappa shape index (κ1) is 27.4. The number of hydrogen-bond acceptors (Lipinski definition) is 6. The number of rotatable bonds is 17. The van der Waals surface area contributed by atoms with Gasteiger partial charge in [0.2, 0.25) is 5.91 Å². The van der Waals surface area contributed by atoms with Crippen LogP contribution in [0.2, 0.25) is 0 Å². The molecule has 3 atom stereocenters. The van der Waals surface area contributed by atoms with E-state index in [1.807, 2.05) is 6.92 Å². The monoisotopic (exact) mass is 414 g/mol. The third-order valence-corrected chi connectivity index (χ3v) is 5.06. The highest BCUT2D eigenvalue weighted by atomic mass is 16.5. The van der Waals surface area contributed by atoms with Gasteiger partial charge in [0.1, 0.15) is 0 Å². The summed E-state index contributed by atoms with van der Waals surface area (Å²) in [5.41, 5.74) is 5.68. The minimum atomic E-state index is -0.418. The molecule has 1 amide bonds. The Morgan fingerprint density at radius 1 is 0.793 bits per heavy atom. The van der Waals surface area contributed by atoms with Crippen LogP contribution in [0.1, 0.15) is 79.6 Å². The zero-order chi connectivity index (χ0) is 22.2. The number of esters is 2. The normalized spacial score (nSPS) is 14.3. The molecule has 0 spiro atoms. The molecule has 0 heterocycles. The summed E-state index contributed by atoms with van der Waals surface area (Å²) in [6.45, 7) is 11.6. The molecule has 29 heavy (non-hydrogen) atoms. The van der Waals surface area contributed by atoms with Crippen LogP contribution in [0.3, 0.4) is 0 Å². The molecule has 0 saturated heterocycles. The van der Waals surface area contributed by atoms with Gasteiger partial charge in [0.05, 0.1) is 19.3 Å². The average molecular weight is 415 g/mol. The predicted molar refractivity (Wildman–Crippen MR) is 114 cm³/mol. The van der Waals surface area contributed by atoms with Crippen molar-refractivity contribution in [1.82, 2.24) is 4.90 Å². The van der Waals surface area contributed by atoms with E-state index in [0.717, 1.165) is 25.7 Å². The highest BCUT2D eigenvalue weighted by molar-refractivity contribution is 5.79. The topological polar surface area (TPSA) is 98.9 Å². The molecular formula is C22H42N2O5. The van der Waals surface area contributed by atoms with Gasteiger partial charge in [0, 0.05) is 25.9 Å². The van der Waals surface area contributed by atoms with Crippen molar-refractivity contribution in [3.05, 3.63) is 0 Å². The summed E-state index contributed by atoms with van der Waals surface area (Å²) in [5, 5.41) is 0. The molecule has 7 nitrogen and oxygen atoms in total. The van der Waals surface area contributed by atoms with Crippen LogP contribution in [0.4, 0.5) is 0 Å². The lowest BCUT2D eigenvalue weighted by atomic mass is 9.94. The Bertz CT molecular complexity index is 452. The zero-order valence-corrected chi connectivity index (χ0v) is 19.1. The second kappa shape index (κ2) is 16.2. The zero-order valence-electron chi connectivity index (χ0n) is 19.1. The second-order valence-corrected chi connectivity index (χ2v) is 7.61. The maximum atomic E-state index is 12.1. The van der Waals surface area contributed by atoms with Crippen LogP contribution in [0, 0.1) is 11.8 Å². The summed E-state index contributed by atoms with van der Waals surface area (Å²) in [6.07, 6.45) is 4.83. The molecule has 0 fully saturated rings. The van der Waals surface area contributed by atoms with Crippen molar-refractivity contribution in [3.8, 4) is 0 Å². The summed E-state index contributed by atoms with van der Waals surface area (Å²) >= 11 is 0. The van der Waals surface area contributed by atoms with E-state index in [2.05, 4.69) is 18.7 Å². The van der Waals surface area contributed by atoms with Crippen LogP contribution in [0.25, 0.3) is 0 Å². The number of carbonyl (C=O) groups excluding carboxylic acids is 3. The summed E-state index contributed by atoms with van der Waals surface area (Å²) in [5.74, 6) is -0.635. The van der Waals surface area contributed by atoms with Gasteiger partial charge in [0.25, 0.3) is 0 Å². The quantitative estimate of drug-likeness (QED) is 0.367. The van der Waals surface area contributed by atoms with Gasteiger partial charge in [-0.25, -0.2) is 0 Å². The van der Waals surface area contributed by atoms with E-state index in [9.17, 15) is 14.4 Å². The molecule has 7 heteroatoms. The predicted octanol–water partition coefficient (Wildman–Crippen LogP) is 3.29. The maximum absolute atomic E-state index is 12.1. The van der Waals surface area contributed by atoms with Gasteiger partial charge in [-0.2, -0.15) is 0 Å². The second-order valence-electron chi connectivity index (χ2n) is 7.61. The van der Waals surface area contributed by atoms with Crippen LogP contribution in [-0.2, 0) is 23.9 Å². The van der Waals surface area contributed by atoms with E-state index in [-0.39, 0.29) is 29.7 Å². The first-order valence-corrected chi connectivity index (χ1v) is 11.2. The Kier molecular flexibility index (Phi) is 15.3. The van der Waals surface area contributed by atoms with Gasteiger partial charge in [0.15, 0.2) is 0 Å². The maximum Gasteiger partial charge on any atom is 0.306 e. The summed E-state index contributed by atoms with van der Waals surface area (Å²) in [4.78, 5) is 38.2. The largest absolute Gasteiger partial charge is 0.466 e. The number of amides is 1.